The molecule has 0 atom stereocenters. The molecular formula is C18H18N4O3. The van der Waals surface area contributed by atoms with Gasteiger partial charge in [0.2, 0.25) is 5.91 Å². The number of carbonyl (C=O) groups excluding carboxylic acids is 3. The molecule has 4 rings (SSSR count). The number of amides is 3. The van der Waals surface area contributed by atoms with E-state index in [1.165, 1.54) is 4.90 Å². The van der Waals surface area contributed by atoms with Crippen LogP contribution in [-0.4, -0.2) is 50.2 Å². The van der Waals surface area contributed by atoms with Crippen molar-refractivity contribution in [3.63, 3.8) is 0 Å². The lowest BCUT2D eigenvalue weighted by Gasteiger charge is -2.28. The minimum Gasteiger partial charge on any atom is -0.333 e. The smallest absolute Gasteiger partial charge is 0.261 e. The van der Waals surface area contributed by atoms with Crippen LogP contribution in [0.4, 0.5) is 0 Å². The van der Waals surface area contributed by atoms with E-state index in [9.17, 15) is 14.4 Å². The number of carbonyl (C=O) groups is 3. The quantitative estimate of drug-likeness (QED) is 0.788. The van der Waals surface area contributed by atoms with Crippen molar-refractivity contribution in [1.29, 1.82) is 0 Å². The van der Waals surface area contributed by atoms with Crippen LogP contribution in [0.2, 0.25) is 0 Å². The van der Waals surface area contributed by atoms with Crippen LogP contribution in [0.5, 0.6) is 0 Å². The fraction of sp³-hybridized carbons (Fsp3) is 0.333. The van der Waals surface area contributed by atoms with E-state index in [4.69, 9.17) is 0 Å². The highest BCUT2D eigenvalue weighted by Gasteiger charge is 2.34. The maximum Gasteiger partial charge on any atom is 0.261 e. The van der Waals surface area contributed by atoms with Gasteiger partial charge in [0.15, 0.2) is 0 Å². The molecule has 7 nitrogen and oxygen atoms in total. The van der Waals surface area contributed by atoms with Gasteiger partial charge in [0.05, 0.1) is 17.7 Å². The Balaban J connectivity index is 1.32. The molecule has 3 amide bonds. The largest absolute Gasteiger partial charge is 0.333 e. The van der Waals surface area contributed by atoms with E-state index in [2.05, 4.69) is 4.98 Å². The van der Waals surface area contributed by atoms with Gasteiger partial charge in [0.25, 0.3) is 11.8 Å². The molecule has 1 aromatic heterocycles. The van der Waals surface area contributed by atoms with Crippen LogP contribution in [0.25, 0.3) is 0 Å². The number of nitrogens with zero attached hydrogens (tertiary/aromatic N) is 4. The van der Waals surface area contributed by atoms with Gasteiger partial charge >= 0.3 is 0 Å². The highest BCUT2D eigenvalue weighted by Crippen LogP contribution is 2.22. The minimum atomic E-state index is -0.270. The molecule has 0 bridgehead atoms. The zero-order valence-electron chi connectivity index (χ0n) is 13.7. The number of aromatic nitrogens is 2. The summed E-state index contributed by atoms with van der Waals surface area (Å²) in [5.41, 5.74) is 0.892. The summed E-state index contributed by atoms with van der Waals surface area (Å²) in [5, 5.41) is 0. The first-order chi connectivity index (χ1) is 12.1. The van der Waals surface area contributed by atoms with E-state index >= 15 is 0 Å². The van der Waals surface area contributed by atoms with Crippen molar-refractivity contribution in [2.45, 2.75) is 25.9 Å². The Bertz CT molecular complexity index is 823. The van der Waals surface area contributed by atoms with Gasteiger partial charge in [-0.25, -0.2) is 4.98 Å². The van der Waals surface area contributed by atoms with Crippen molar-refractivity contribution < 1.29 is 14.4 Å². The Morgan fingerprint density at radius 3 is 2.52 bits per heavy atom. The Labute approximate surface area is 144 Å². The molecule has 7 heteroatoms. The maximum atomic E-state index is 12.4. The summed E-state index contributed by atoms with van der Waals surface area (Å²) < 4.78 is 2.04. The molecule has 0 radical (unpaired) electrons. The van der Waals surface area contributed by atoms with Crippen LogP contribution >= 0.6 is 0 Å². The van der Waals surface area contributed by atoms with Crippen LogP contribution in [-0.2, 0) is 17.9 Å². The van der Waals surface area contributed by atoms with E-state index in [-0.39, 0.29) is 24.3 Å². The van der Waals surface area contributed by atoms with Crippen molar-refractivity contribution in [1.82, 2.24) is 19.4 Å². The van der Waals surface area contributed by atoms with Gasteiger partial charge in [-0.2, -0.15) is 0 Å². The molecular weight excluding hydrogens is 320 g/mol. The fourth-order valence-electron chi connectivity index (χ4n) is 3.38. The number of rotatable bonds is 4. The lowest BCUT2D eigenvalue weighted by Crippen LogP contribution is -2.38. The summed E-state index contributed by atoms with van der Waals surface area (Å²) in [6, 6.07) is 6.82. The molecule has 128 valence electrons. The number of hydrogen-bond donors (Lipinski definition) is 0. The van der Waals surface area contributed by atoms with Gasteiger partial charge in [-0.15, -0.1) is 0 Å². The molecule has 1 aromatic carbocycles. The number of hydrogen-bond acceptors (Lipinski definition) is 4. The standard InChI is InChI=1S/C18H18N4O3/c23-16(21-11-10-20-9-7-19-15(20)12-21)6-3-8-22-17(24)13-4-1-2-5-14(13)18(22)25/h1-2,4-5,7,9H,3,6,8,10-12H2. The number of fused-ring (bicyclic) bond motifs is 2. The van der Waals surface area contributed by atoms with Crippen molar-refractivity contribution in [3.05, 3.63) is 53.6 Å². The molecule has 0 unspecified atom stereocenters. The second-order valence-electron chi connectivity index (χ2n) is 6.26. The van der Waals surface area contributed by atoms with Gasteiger partial charge in [0.1, 0.15) is 5.82 Å². The van der Waals surface area contributed by atoms with Crippen molar-refractivity contribution in [2.75, 3.05) is 13.1 Å². The average molecular weight is 338 g/mol. The second-order valence-corrected chi connectivity index (χ2v) is 6.26. The number of benzene rings is 1. The van der Waals surface area contributed by atoms with Gasteiger partial charge in [0, 0.05) is 38.4 Å². The normalized spacial score (nSPS) is 16.2. The Hall–Kier alpha value is -2.96. The van der Waals surface area contributed by atoms with Crippen LogP contribution in [0.15, 0.2) is 36.7 Å². The van der Waals surface area contributed by atoms with Crippen LogP contribution in [0.1, 0.15) is 39.4 Å². The molecule has 0 saturated carbocycles. The van der Waals surface area contributed by atoms with Crippen LogP contribution in [0.3, 0.4) is 0 Å². The lowest BCUT2D eigenvalue weighted by atomic mass is 10.1. The molecule has 0 fully saturated rings. The molecule has 2 aromatic rings. The molecule has 2 aliphatic heterocycles. The SMILES string of the molecule is O=C(CCCN1C(=O)c2ccccc2C1=O)N1CCn2ccnc2C1. The van der Waals surface area contributed by atoms with Gasteiger partial charge in [-0.05, 0) is 18.6 Å². The molecule has 0 N–H and O–H groups in total. The third kappa shape index (κ3) is 2.71. The Kier molecular flexibility index (Phi) is 3.83. The zero-order valence-corrected chi connectivity index (χ0v) is 13.7. The lowest BCUT2D eigenvalue weighted by molar-refractivity contribution is -0.132. The molecule has 0 spiro atoms. The third-order valence-electron chi connectivity index (χ3n) is 4.75. The van der Waals surface area contributed by atoms with E-state index in [1.54, 1.807) is 35.4 Å². The Morgan fingerprint density at radius 1 is 1.08 bits per heavy atom. The average Bonchev–Trinajstić information content (AvgIpc) is 3.20. The first kappa shape index (κ1) is 15.6. The molecule has 2 aliphatic rings. The first-order valence-corrected chi connectivity index (χ1v) is 8.38. The summed E-state index contributed by atoms with van der Waals surface area (Å²) in [4.78, 5) is 44.2. The summed E-state index contributed by atoms with van der Waals surface area (Å²) in [5.74, 6) is 0.381. The molecule has 3 heterocycles. The maximum absolute atomic E-state index is 12.4. The highest BCUT2D eigenvalue weighted by atomic mass is 16.2. The topological polar surface area (TPSA) is 75.5 Å². The van der Waals surface area contributed by atoms with E-state index in [1.807, 2.05) is 10.8 Å². The summed E-state index contributed by atoms with van der Waals surface area (Å²) >= 11 is 0. The fourth-order valence-corrected chi connectivity index (χ4v) is 3.38. The van der Waals surface area contributed by atoms with E-state index in [0.29, 0.717) is 37.1 Å². The molecule has 25 heavy (non-hydrogen) atoms. The first-order valence-electron chi connectivity index (χ1n) is 8.38. The summed E-state index contributed by atoms with van der Waals surface area (Å²) in [7, 11) is 0. The number of imide groups is 1. The van der Waals surface area contributed by atoms with Crippen LogP contribution in [0, 0.1) is 0 Å². The monoisotopic (exact) mass is 338 g/mol. The zero-order chi connectivity index (χ0) is 17.4. The highest BCUT2D eigenvalue weighted by molar-refractivity contribution is 6.21. The van der Waals surface area contributed by atoms with Gasteiger partial charge < -0.3 is 9.47 Å². The summed E-state index contributed by atoms with van der Waals surface area (Å²) in [6.07, 6.45) is 4.44. The molecule has 0 aliphatic carbocycles. The Morgan fingerprint density at radius 2 is 1.80 bits per heavy atom. The van der Waals surface area contributed by atoms with E-state index < -0.39 is 0 Å². The van der Waals surface area contributed by atoms with Crippen molar-refractivity contribution in [3.8, 4) is 0 Å². The predicted octanol–water partition coefficient (Wildman–Crippen LogP) is 1.30. The van der Waals surface area contributed by atoms with Crippen molar-refractivity contribution in [2.24, 2.45) is 0 Å². The van der Waals surface area contributed by atoms with Crippen molar-refractivity contribution >= 4 is 17.7 Å². The third-order valence-corrected chi connectivity index (χ3v) is 4.75. The van der Waals surface area contributed by atoms with Crippen LogP contribution < -0.4 is 0 Å². The van der Waals surface area contributed by atoms with Gasteiger partial charge in [-0.3, -0.25) is 19.3 Å². The summed E-state index contributed by atoms with van der Waals surface area (Å²) in [6.45, 7) is 2.19. The minimum absolute atomic E-state index is 0.0332. The van der Waals surface area contributed by atoms with Gasteiger partial charge in [-0.1, -0.05) is 12.1 Å². The number of imidazole rings is 1. The second kappa shape index (κ2) is 6.16. The predicted molar refractivity (Wildman–Crippen MR) is 88.7 cm³/mol. The van der Waals surface area contributed by atoms with E-state index in [0.717, 1.165) is 12.4 Å². The molecule has 0 saturated heterocycles.